The second kappa shape index (κ2) is 7.70. The maximum atomic E-state index is 6.08. The molecule has 0 radical (unpaired) electrons. The van der Waals surface area contributed by atoms with E-state index in [4.69, 9.17) is 20.3 Å². The van der Waals surface area contributed by atoms with Crippen molar-refractivity contribution in [2.75, 3.05) is 17.5 Å². The summed E-state index contributed by atoms with van der Waals surface area (Å²) in [6, 6.07) is 10.2. The zero-order valence-corrected chi connectivity index (χ0v) is 18.4. The van der Waals surface area contributed by atoms with Gasteiger partial charge in [-0.05, 0) is 68.7 Å². The molecule has 0 amide bonds. The lowest BCUT2D eigenvalue weighted by Crippen LogP contribution is -2.29. The summed E-state index contributed by atoms with van der Waals surface area (Å²) in [7, 11) is 0. The van der Waals surface area contributed by atoms with Crippen molar-refractivity contribution < 1.29 is 9.47 Å². The number of benzene rings is 2. The number of rotatable bonds is 3. The van der Waals surface area contributed by atoms with Gasteiger partial charge in [0.2, 0.25) is 11.9 Å². The summed E-state index contributed by atoms with van der Waals surface area (Å²) in [5, 5.41) is 17.4. The molecular formula is C23H23N5O2S. The van der Waals surface area contributed by atoms with Gasteiger partial charge in [-0.25, -0.2) is 5.01 Å². The maximum Gasteiger partial charge on any atom is 0.231 e. The van der Waals surface area contributed by atoms with E-state index < -0.39 is 0 Å². The summed E-state index contributed by atoms with van der Waals surface area (Å²) in [6.45, 7) is 6.36. The molecule has 1 aromatic heterocycles. The van der Waals surface area contributed by atoms with Crippen molar-refractivity contribution in [2.24, 2.45) is 5.10 Å². The van der Waals surface area contributed by atoms with Gasteiger partial charge in [-0.2, -0.15) is 5.10 Å². The maximum absolute atomic E-state index is 6.08. The van der Waals surface area contributed by atoms with Gasteiger partial charge < -0.3 is 15.2 Å². The van der Waals surface area contributed by atoms with E-state index in [1.165, 1.54) is 11.3 Å². The number of nitrogens with zero attached hydrogens (tertiary/aromatic N) is 4. The third-order valence-corrected chi connectivity index (χ3v) is 6.35. The second-order valence-electron chi connectivity index (χ2n) is 7.70. The van der Waals surface area contributed by atoms with E-state index in [1.807, 2.05) is 49.2 Å². The topological polar surface area (TPSA) is 85.9 Å². The van der Waals surface area contributed by atoms with Crippen LogP contribution in [-0.2, 0) is 6.42 Å². The van der Waals surface area contributed by atoms with Crippen LogP contribution in [0.4, 0.5) is 10.8 Å². The molecule has 7 nitrogen and oxygen atoms in total. The molecule has 0 aliphatic carbocycles. The smallest absolute Gasteiger partial charge is 0.231 e. The van der Waals surface area contributed by atoms with Gasteiger partial charge in [0.15, 0.2) is 11.5 Å². The standard InChI is InChI=1S/C23H23N5O2S/c1-4-5-21-25-26-23(31-21)28-14(3)9-16-10-19-20(30-12-29-19)11-17(16)22(27-28)15-6-7-18(24)13(2)8-15/h4-8,10-11,14H,9,12,24H2,1-3H3/b5-4+/t14-/m1/s1. The van der Waals surface area contributed by atoms with Crippen molar-refractivity contribution in [3.8, 4) is 11.5 Å². The Morgan fingerprint density at radius 1 is 1.16 bits per heavy atom. The first-order valence-corrected chi connectivity index (χ1v) is 11.0. The van der Waals surface area contributed by atoms with Gasteiger partial charge in [-0.15, -0.1) is 10.2 Å². The number of nitrogens with two attached hydrogens (primary N) is 1. The Morgan fingerprint density at radius 3 is 2.74 bits per heavy atom. The van der Waals surface area contributed by atoms with E-state index >= 15 is 0 Å². The van der Waals surface area contributed by atoms with Crippen molar-refractivity contribution in [3.63, 3.8) is 0 Å². The summed E-state index contributed by atoms with van der Waals surface area (Å²) in [6.07, 6.45) is 4.69. The number of aromatic nitrogens is 2. The molecule has 31 heavy (non-hydrogen) atoms. The number of hydrazone groups is 1. The highest BCUT2D eigenvalue weighted by Gasteiger charge is 2.29. The summed E-state index contributed by atoms with van der Waals surface area (Å²) in [5.74, 6) is 1.52. The molecule has 3 heterocycles. The van der Waals surface area contributed by atoms with Crippen LogP contribution in [0, 0.1) is 6.92 Å². The van der Waals surface area contributed by atoms with Gasteiger partial charge >= 0.3 is 0 Å². The Morgan fingerprint density at radius 2 is 1.97 bits per heavy atom. The average molecular weight is 434 g/mol. The third kappa shape index (κ3) is 3.53. The molecule has 1 atom stereocenters. The van der Waals surface area contributed by atoms with E-state index in [2.05, 4.69) is 29.3 Å². The Bertz CT molecular complexity index is 1220. The molecule has 3 aromatic rings. The van der Waals surface area contributed by atoms with Crippen LogP contribution in [0.1, 0.15) is 41.1 Å². The summed E-state index contributed by atoms with van der Waals surface area (Å²) < 4.78 is 11.3. The highest BCUT2D eigenvalue weighted by Crippen LogP contribution is 2.38. The molecule has 5 rings (SSSR count). The van der Waals surface area contributed by atoms with Crippen molar-refractivity contribution in [1.29, 1.82) is 0 Å². The zero-order valence-electron chi connectivity index (χ0n) is 17.6. The molecule has 0 spiro atoms. The first-order valence-electron chi connectivity index (χ1n) is 10.2. The van der Waals surface area contributed by atoms with Gasteiger partial charge in [-0.3, -0.25) is 0 Å². The molecule has 0 fully saturated rings. The number of aryl methyl sites for hydroxylation is 1. The van der Waals surface area contributed by atoms with E-state index in [1.54, 1.807) is 0 Å². The van der Waals surface area contributed by atoms with Crippen molar-refractivity contribution in [1.82, 2.24) is 10.2 Å². The lowest BCUT2D eigenvalue weighted by atomic mass is 9.93. The van der Waals surface area contributed by atoms with Crippen LogP contribution in [0.5, 0.6) is 11.5 Å². The average Bonchev–Trinajstić information content (AvgIpc) is 3.37. The van der Waals surface area contributed by atoms with E-state index in [0.717, 1.165) is 61.7 Å². The molecule has 2 aliphatic heterocycles. The quantitative estimate of drug-likeness (QED) is 0.617. The van der Waals surface area contributed by atoms with Crippen LogP contribution in [0.3, 0.4) is 0 Å². The number of hydrogen-bond acceptors (Lipinski definition) is 8. The van der Waals surface area contributed by atoms with Crippen LogP contribution in [0.15, 0.2) is 41.5 Å². The lowest BCUT2D eigenvalue weighted by Gasteiger charge is -2.21. The fourth-order valence-electron chi connectivity index (χ4n) is 3.83. The molecule has 0 saturated carbocycles. The molecular weight excluding hydrogens is 410 g/mol. The normalized spacial score (nSPS) is 17.6. The Hall–Kier alpha value is -3.39. The van der Waals surface area contributed by atoms with Crippen molar-refractivity contribution >= 4 is 33.9 Å². The summed E-state index contributed by atoms with van der Waals surface area (Å²) in [4.78, 5) is 0. The van der Waals surface area contributed by atoms with Gasteiger partial charge in [0, 0.05) is 16.8 Å². The predicted octanol–water partition coefficient (Wildman–Crippen LogP) is 4.39. The summed E-state index contributed by atoms with van der Waals surface area (Å²) >= 11 is 1.52. The molecule has 2 aromatic carbocycles. The SMILES string of the molecule is C/C=C/c1nnc(N2N=C(c3ccc(N)c(C)c3)c3cc4c(cc3C[C@H]2C)OCO4)s1. The minimum atomic E-state index is 0.0814. The minimum absolute atomic E-state index is 0.0814. The second-order valence-corrected chi connectivity index (χ2v) is 8.69. The number of fused-ring (bicyclic) bond motifs is 2. The number of nitrogen functional groups attached to an aromatic ring is 1. The molecule has 8 heteroatoms. The van der Waals surface area contributed by atoms with Crippen molar-refractivity contribution in [2.45, 2.75) is 33.2 Å². The van der Waals surface area contributed by atoms with Crippen molar-refractivity contribution in [3.05, 3.63) is 63.7 Å². The molecule has 158 valence electrons. The van der Waals surface area contributed by atoms with Gasteiger partial charge in [0.25, 0.3) is 0 Å². The first kappa shape index (κ1) is 19.6. The largest absolute Gasteiger partial charge is 0.454 e. The van der Waals surface area contributed by atoms with Crippen LogP contribution in [-0.4, -0.2) is 28.7 Å². The highest BCUT2D eigenvalue weighted by atomic mass is 32.1. The monoisotopic (exact) mass is 433 g/mol. The number of hydrogen-bond donors (Lipinski definition) is 1. The van der Waals surface area contributed by atoms with Crippen LogP contribution in [0.25, 0.3) is 6.08 Å². The Balaban J connectivity index is 1.69. The summed E-state index contributed by atoms with van der Waals surface area (Å²) in [5.41, 5.74) is 11.9. The fourth-order valence-corrected chi connectivity index (χ4v) is 4.70. The Labute approximate surface area is 184 Å². The highest BCUT2D eigenvalue weighted by molar-refractivity contribution is 7.16. The lowest BCUT2D eigenvalue weighted by molar-refractivity contribution is 0.174. The van der Waals surface area contributed by atoms with Gasteiger partial charge in [0.05, 0.1) is 11.8 Å². The number of allylic oxidation sites excluding steroid dienone is 1. The van der Waals surface area contributed by atoms with Gasteiger partial charge in [-0.1, -0.05) is 23.5 Å². The van der Waals surface area contributed by atoms with E-state index in [0.29, 0.717) is 0 Å². The van der Waals surface area contributed by atoms with E-state index in [-0.39, 0.29) is 12.8 Å². The molecule has 0 bridgehead atoms. The fraction of sp³-hybridized carbons (Fsp3) is 0.261. The third-order valence-electron chi connectivity index (χ3n) is 5.47. The van der Waals surface area contributed by atoms with Gasteiger partial charge in [0.1, 0.15) is 5.01 Å². The van der Waals surface area contributed by atoms with Crippen LogP contribution in [0.2, 0.25) is 0 Å². The first-order chi connectivity index (χ1) is 15.0. The molecule has 2 N–H and O–H groups in total. The van der Waals surface area contributed by atoms with E-state index in [9.17, 15) is 0 Å². The minimum Gasteiger partial charge on any atom is -0.454 e. The molecule has 0 saturated heterocycles. The Kier molecular flexibility index (Phi) is 4.86. The predicted molar refractivity (Wildman–Crippen MR) is 124 cm³/mol. The molecule has 0 unspecified atom stereocenters. The molecule has 2 aliphatic rings. The zero-order chi connectivity index (χ0) is 21.5. The van der Waals surface area contributed by atoms with Crippen LogP contribution < -0.4 is 20.2 Å². The number of anilines is 2. The number of ether oxygens (including phenoxy) is 2. The van der Waals surface area contributed by atoms with Crippen LogP contribution >= 0.6 is 11.3 Å².